The number of pyridine rings is 1. The zero-order valence-electron chi connectivity index (χ0n) is 8.68. The van der Waals surface area contributed by atoms with Gasteiger partial charge in [0.1, 0.15) is 11.5 Å². The van der Waals surface area contributed by atoms with Crippen LogP contribution in [0.3, 0.4) is 0 Å². The number of amides is 1. The van der Waals surface area contributed by atoms with Crippen molar-refractivity contribution in [3.05, 3.63) is 35.8 Å². The molecule has 0 radical (unpaired) electrons. The Balaban J connectivity index is 1.89. The van der Waals surface area contributed by atoms with Crippen molar-refractivity contribution in [1.29, 1.82) is 0 Å². The molecule has 1 saturated carbocycles. The largest absolute Gasteiger partial charge is 0.308 e. The number of carbonyl (C=O) groups excluding carboxylic acids is 1. The van der Waals surface area contributed by atoms with Gasteiger partial charge >= 0.3 is 0 Å². The Morgan fingerprint density at radius 1 is 1.38 bits per heavy atom. The van der Waals surface area contributed by atoms with Crippen LogP contribution in [0, 0.1) is 5.92 Å². The fourth-order valence-electron chi connectivity index (χ4n) is 1.64. The van der Waals surface area contributed by atoms with Gasteiger partial charge in [0.25, 0.3) is 5.91 Å². The molecule has 0 saturated heterocycles. The zero-order valence-corrected chi connectivity index (χ0v) is 8.68. The highest BCUT2D eigenvalue weighted by atomic mass is 16.2. The molecule has 1 fully saturated rings. The number of nitrogens with zero attached hydrogens (tertiary/aromatic N) is 2. The molecule has 1 N–H and O–H groups in total. The summed E-state index contributed by atoms with van der Waals surface area (Å²) in [6.45, 7) is 0. The van der Waals surface area contributed by atoms with Gasteiger partial charge in [0.05, 0.1) is 5.69 Å². The minimum Gasteiger partial charge on any atom is -0.308 e. The molecule has 2 heterocycles. The molecule has 1 aliphatic heterocycles. The van der Waals surface area contributed by atoms with E-state index >= 15 is 0 Å². The van der Waals surface area contributed by atoms with E-state index in [2.05, 4.69) is 15.3 Å². The van der Waals surface area contributed by atoms with Crippen molar-refractivity contribution >= 4 is 17.8 Å². The first kappa shape index (κ1) is 9.27. The molecule has 3 rings (SSSR count). The Bertz CT molecular complexity index is 486. The lowest BCUT2D eigenvalue weighted by molar-refractivity contribution is -0.115. The Hall–Kier alpha value is -1.97. The third-order valence-corrected chi connectivity index (χ3v) is 2.65. The normalized spacial score (nSPS) is 22.1. The highest BCUT2D eigenvalue weighted by Gasteiger charge is 2.33. The van der Waals surface area contributed by atoms with Crippen LogP contribution in [-0.2, 0) is 4.79 Å². The second-order valence-electron chi connectivity index (χ2n) is 4.01. The molecule has 1 aromatic rings. The summed E-state index contributed by atoms with van der Waals surface area (Å²) in [6.07, 6.45) is 5.68. The zero-order chi connectivity index (χ0) is 11.0. The lowest BCUT2D eigenvalue weighted by atomic mass is 10.3. The first-order chi connectivity index (χ1) is 7.83. The van der Waals surface area contributed by atoms with Crippen LogP contribution < -0.4 is 5.32 Å². The van der Waals surface area contributed by atoms with Gasteiger partial charge in [0.2, 0.25) is 0 Å². The standard InChI is InChI=1S/C12H11N3O/c16-12-10(7-9-3-1-2-6-13-9)14-11(15-12)8-4-5-8/h1-3,6-8H,4-5H2,(H,14,15,16)/b10-7+. The van der Waals surface area contributed by atoms with Crippen molar-refractivity contribution in [2.24, 2.45) is 10.9 Å². The van der Waals surface area contributed by atoms with Gasteiger partial charge < -0.3 is 5.32 Å². The van der Waals surface area contributed by atoms with Crippen LogP contribution in [-0.4, -0.2) is 16.7 Å². The highest BCUT2D eigenvalue weighted by molar-refractivity contribution is 6.15. The molecule has 1 aliphatic carbocycles. The minimum atomic E-state index is -0.118. The summed E-state index contributed by atoms with van der Waals surface area (Å²) in [5.74, 6) is 1.18. The van der Waals surface area contributed by atoms with E-state index in [1.807, 2.05) is 18.2 Å². The Morgan fingerprint density at radius 3 is 2.94 bits per heavy atom. The fraction of sp³-hybridized carbons (Fsp3) is 0.250. The van der Waals surface area contributed by atoms with Gasteiger partial charge in [-0.1, -0.05) is 6.07 Å². The fourth-order valence-corrected chi connectivity index (χ4v) is 1.64. The number of aliphatic imine (C=N–C) groups is 1. The summed E-state index contributed by atoms with van der Waals surface area (Å²) in [7, 11) is 0. The van der Waals surface area contributed by atoms with Crippen molar-refractivity contribution in [1.82, 2.24) is 10.3 Å². The first-order valence-electron chi connectivity index (χ1n) is 5.35. The maximum Gasteiger partial charge on any atom is 0.275 e. The number of hydrogen-bond donors (Lipinski definition) is 1. The Kier molecular flexibility index (Phi) is 2.06. The van der Waals surface area contributed by atoms with E-state index < -0.39 is 0 Å². The molecule has 0 bridgehead atoms. The predicted octanol–water partition coefficient (Wildman–Crippen LogP) is 1.36. The number of amidine groups is 1. The molecule has 0 unspecified atom stereocenters. The summed E-state index contributed by atoms with van der Waals surface area (Å²) in [5, 5.41) is 2.80. The average Bonchev–Trinajstić information content (AvgIpc) is 3.07. The van der Waals surface area contributed by atoms with Crippen LogP contribution in [0.4, 0.5) is 0 Å². The lowest BCUT2D eigenvalue weighted by Crippen LogP contribution is -2.25. The van der Waals surface area contributed by atoms with E-state index in [0.29, 0.717) is 11.6 Å². The van der Waals surface area contributed by atoms with E-state index in [4.69, 9.17) is 0 Å². The van der Waals surface area contributed by atoms with Crippen molar-refractivity contribution in [2.45, 2.75) is 12.8 Å². The van der Waals surface area contributed by atoms with Crippen molar-refractivity contribution in [3.8, 4) is 0 Å². The molecule has 0 spiro atoms. The van der Waals surface area contributed by atoms with E-state index in [9.17, 15) is 4.79 Å². The average molecular weight is 213 g/mol. The van der Waals surface area contributed by atoms with Crippen LogP contribution in [0.2, 0.25) is 0 Å². The molecule has 2 aliphatic rings. The van der Waals surface area contributed by atoms with Crippen molar-refractivity contribution in [3.63, 3.8) is 0 Å². The monoisotopic (exact) mass is 213 g/mol. The van der Waals surface area contributed by atoms with Gasteiger partial charge in [-0.2, -0.15) is 0 Å². The molecular weight excluding hydrogens is 202 g/mol. The molecule has 4 heteroatoms. The third-order valence-electron chi connectivity index (χ3n) is 2.65. The molecular formula is C12H11N3O. The van der Waals surface area contributed by atoms with Gasteiger partial charge in [0, 0.05) is 12.1 Å². The summed E-state index contributed by atoms with van der Waals surface area (Å²) >= 11 is 0. The van der Waals surface area contributed by atoms with E-state index in [1.165, 1.54) is 0 Å². The van der Waals surface area contributed by atoms with Crippen LogP contribution in [0.25, 0.3) is 6.08 Å². The van der Waals surface area contributed by atoms with E-state index in [-0.39, 0.29) is 5.91 Å². The summed E-state index contributed by atoms with van der Waals surface area (Å²) in [4.78, 5) is 20.0. The first-order valence-corrected chi connectivity index (χ1v) is 5.35. The second kappa shape index (κ2) is 3.56. The number of carbonyl (C=O) groups is 1. The van der Waals surface area contributed by atoms with Crippen LogP contribution in [0.1, 0.15) is 18.5 Å². The SMILES string of the molecule is O=C1NC(C2CC2)=N/C1=C/c1ccccn1. The number of rotatable bonds is 2. The predicted molar refractivity (Wildman–Crippen MR) is 60.5 cm³/mol. The van der Waals surface area contributed by atoms with E-state index in [1.54, 1.807) is 12.3 Å². The number of nitrogens with one attached hydrogen (secondary N) is 1. The Labute approximate surface area is 93.1 Å². The van der Waals surface area contributed by atoms with Crippen LogP contribution in [0.5, 0.6) is 0 Å². The van der Waals surface area contributed by atoms with Crippen molar-refractivity contribution < 1.29 is 4.79 Å². The van der Waals surface area contributed by atoms with Crippen LogP contribution >= 0.6 is 0 Å². The van der Waals surface area contributed by atoms with E-state index in [0.717, 1.165) is 24.4 Å². The minimum absolute atomic E-state index is 0.118. The second-order valence-corrected chi connectivity index (χ2v) is 4.01. The van der Waals surface area contributed by atoms with Crippen molar-refractivity contribution in [2.75, 3.05) is 0 Å². The summed E-state index contributed by atoms with van der Waals surface area (Å²) in [5.41, 5.74) is 1.22. The highest BCUT2D eigenvalue weighted by Crippen LogP contribution is 2.32. The molecule has 16 heavy (non-hydrogen) atoms. The topological polar surface area (TPSA) is 54.4 Å². The van der Waals surface area contributed by atoms with Crippen LogP contribution in [0.15, 0.2) is 35.1 Å². The van der Waals surface area contributed by atoms with Gasteiger partial charge in [0.15, 0.2) is 0 Å². The molecule has 4 nitrogen and oxygen atoms in total. The van der Waals surface area contributed by atoms with Gasteiger partial charge in [-0.25, -0.2) is 4.99 Å². The lowest BCUT2D eigenvalue weighted by Gasteiger charge is -1.93. The third kappa shape index (κ3) is 1.74. The molecule has 80 valence electrons. The number of aromatic nitrogens is 1. The maximum atomic E-state index is 11.6. The quantitative estimate of drug-likeness (QED) is 0.754. The smallest absolute Gasteiger partial charge is 0.275 e. The molecule has 1 aromatic heterocycles. The van der Waals surface area contributed by atoms with Gasteiger partial charge in [-0.15, -0.1) is 0 Å². The van der Waals surface area contributed by atoms with Gasteiger partial charge in [-0.3, -0.25) is 9.78 Å². The molecule has 0 atom stereocenters. The molecule has 1 amide bonds. The summed E-state index contributed by atoms with van der Waals surface area (Å²) in [6, 6.07) is 5.58. The summed E-state index contributed by atoms with van der Waals surface area (Å²) < 4.78 is 0. The Morgan fingerprint density at radius 2 is 2.25 bits per heavy atom. The van der Waals surface area contributed by atoms with Gasteiger partial charge in [-0.05, 0) is 31.1 Å². The maximum absolute atomic E-state index is 11.6. The number of hydrogen-bond acceptors (Lipinski definition) is 3. The molecule has 0 aromatic carbocycles.